The largest absolute Gasteiger partial charge is 0.366 e. The highest BCUT2D eigenvalue weighted by Gasteiger charge is 2.31. The van der Waals surface area contributed by atoms with Crippen molar-refractivity contribution in [3.63, 3.8) is 0 Å². The molecule has 32 heavy (non-hydrogen) atoms. The number of para-hydroxylation sites is 2. The van der Waals surface area contributed by atoms with Crippen molar-refractivity contribution in [2.75, 3.05) is 50.6 Å². The van der Waals surface area contributed by atoms with Gasteiger partial charge in [0.05, 0.1) is 29.1 Å². The van der Waals surface area contributed by atoms with Crippen LogP contribution in [-0.2, 0) is 6.54 Å². The summed E-state index contributed by atoms with van der Waals surface area (Å²) in [7, 11) is 4.12. The van der Waals surface area contributed by atoms with E-state index in [-0.39, 0.29) is 5.91 Å². The van der Waals surface area contributed by atoms with Crippen LogP contribution in [0.4, 0.5) is 11.4 Å². The van der Waals surface area contributed by atoms with Crippen molar-refractivity contribution in [1.29, 1.82) is 0 Å². The van der Waals surface area contributed by atoms with Crippen LogP contribution in [0, 0.1) is 0 Å². The molecule has 3 heterocycles. The lowest BCUT2D eigenvalue weighted by Gasteiger charge is -2.37. The predicted octanol–water partition coefficient (Wildman–Crippen LogP) is 4.35. The highest BCUT2D eigenvalue weighted by atomic mass is 35.5. The summed E-state index contributed by atoms with van der Waals surface area (Å²) < 4.78 is 2.16. The Morgan fingerprint density at radius 3 is 2.72 bits per heavy atom. The molecule has 1 aromatic heterocycles. The Labute approximate surface area is 194 Å². The van der Waals surface area contributed by atoms with Crippen LogP contribution < -0.4 is 10.2 Å². The number of rotatable bonds is 5. The summed E-state index contributed by atoms with van der Waals surface area (Å²) in [6.07, 6.45) is 3.97. The van der Waals surface area contributed by atoms with Crippen molar-refractivity contribution in [2.45, 2.75) is 25.4 Å². The number of carbonyl (C=O) groups is 1. The number of likely N-dealkylation sites (tertiary alicyclic amines) is 1. The number of benzene rings is 2. The molecule has 0 radical (unpaired) electrons. The average Bonchev–Trinajstić information content (AvgIpc) is 3.39. The van der Waals surface area contributed by atoms with E-state index in [2.05, 4.69) is 58.0 Å². The van der Waals surface area contributed by atoms with Crippen LogP contribution in [0.1, 0.15) is 23.2 Å². The topological polar surface area (TPSA) is 43.8 Å². The molecule has 1 saturated heterocycles. The minimum atomic E-state index is 0.124. The molecule has 2 aromatic carbocycles. The third-order valence-electron chi connectivity index (χ3n) is 6.71. The molecule has 0 aliphatic carbocycles. The number of amides is 1. The second-order valence-corrected chi connectivity index (χ2v) is 9.48. The van der Waals surface area contributed by atoms with Gasteiger partial charge in [-0.05, 0) is 51.2 Å². The quantitative estimate of drug-likeness (QED) is 0.626. The fourth-order valence-corrected chi connectivity index (χ4v) is 5.10. The van der Waals surface area contributed by atoms with Gasteiger partial charge in [0.15, 0.2) is 0 Å². The smallest absolute Gasteiger partial charge is 0.256 e. The summed E-state index contributed by atoms with van der Waals surface area (Å²) in [6, 6.07) is 14.8. The molecule has 0 spiro atoms. The Balaban J connectivity index is 1.32. The summed E-state index contributed by atoms with van der Waals surface area (Å²) in [5.41, 5.74) is 4.28. The maximum absolute atomic E-state index is 13.5. The van der Waals surface area contributed by atoms with E-state index in [1.165, 1.54) is 11.4 Å². The SMILES string of the molecule is CN(C)CCn1cc(C(=O)N2CCC(N3CNc4ccccc43)CC2)c2ccc(Cl)cc21. The summed E-state index contributed by atoms with van der Waals surface area (Å²) >= 11 is 6.28. The minimum absolute atomic E-state index is 0.124. The van der Waals surface area contributed by atoms with Crippen molar-refractivity contribution >= 4 is 39.8 Å². The molecule has 2 aliphatic heterocycles. The highest BCUT2D eigenvalue weighted by Crippen LogP contribution is 2.35. The second-order valence-electron chi connectivity index (χ2n) is 9.05. The molecule has 5 rings (SSSR count). The van der Waals surface area contributed by atoms with Crippen molar-refractivity contribution in [3.05, 3.63) is 59.2 Å². The first kappa shape index (κ1) is 21.2. The van der Waals surface area contributed by atoms with Crippen LogP contribution in [0.3, 0.4) is 0 Å². The van der Waals surface area contributed by atoms with Gasteiger partial charge in [0.1, 0.15) is 0 Å². The predicted molar refractivity (Wildman–Crippen MR) is 132 cm³/mol. The van der Waals surface area contributed by atoms with Gasteiger partial charge in [0.25, 0.3) is 5.91 Å². The molecule has 1 fully saturated rings. The molecule has 0 saturated carbocycles. The van der Waals surface area contributed by atoms with E-state index >= 15 is 0 Å². The van der Waals surface area contributed by atoms with E-state index in [0.717, 1.165) is 62.2 Å². The van der Waals surface area contributed by atoms with Gasteiger partial charge in [0.2, 0.25) is 0 Å². The maximum atomic E-state index is 13.5. The number of nitrogens with zero attached hydrogens (tertiary/aromatic N) is 4. The second kappa shape index (κ2) is 8.68. The fourth-order valence-electron chi connectivity index (χ4n) is 4.93. The lowest BCUT2D eigenvalue weighted by molar-refractivity contribution is 0.0714. The highest BCUT2D eigenvalue weighted by molar-refractivity contribution is 6.31. The van der Waals surface area contributed by atoms with Crippen molar-refractivity contribution in [1.82, 2.24) is 14.4 Å². The Morgan fingerprint density at radius 1 is 1.16 bits per heavy atom. The van der Waals surface area contributed by atoms with Crippen LogP contribution >= 0.6 is 11.6 Å². The first-order valence-corrected chi connectivity index (χ1v) is 11.7. The van der Waals surface area contributed by atoms with Crippen molar-refractivity contribution in [3.8, 4) is 0 Å². The molecule has 0 unspecified atom stereocenters. The van der Waals surface area contributed by atoms with Crippen LogP contribution in [-0.4, -0.2) is 66.7 Å². The molecule has 1 amide bonds. The lowest BCUT2D eigenvalue weighted by atomic mass is 10.0. The number of aromatic nitrogens is 1. The van der Waals surface area contributed by atoms with Gasteiger partial charge in [0, 0.05) is 48.8 Å². The number of halogens is 1. The van der Waals surface area contributed by atoms with E-state index in [1.807, 2.05) is 29.3 Å². The van der Waals surface area contributed by atoms with Gasteiger partial charge < -0.3 is 24.6 Å². The van der Waals surface area contributed by atoms with Gasteiger partial charge in [-0.2, -0.15) is 0 Å². The summed E-state index contributed by atoms with van der Waals surface area (Å²) in [4.78, 5) is 20.1. The van der Waals surface area contributed by atoms with E-state index in [1.54, 1.807) is 0 Å². The molecule has 7 heteroatoms. The van der Waals surface area contributed by atoms with Gasteiger partial charge in [-0.3, -0.25) is 4.79 Å². The first-order chi connectivity index (χ1) is 15.5. The van der Waals surface area contributed by atoms with Crippen LogP contribution in [0.2, 0.25) is 5.02 Å². The van der Waals surface area contributed by atoms with Crippen molar-refractivity contribution < 1.29 is 4.79 Å². The first-order valence-electron chi connectivity index (χ1n) is 11.3. The third-order valence-corrected chi connectivity index (χ3v) is 6.94. The number of nitrogens with one attached hydrogen (secondary N) is 1. The van der Waals surface area contributed by atoms with E-state index in [9.17, 15) is 4.79 Å². The van der Waals surface area contributed by atoms with E-state index in [4.69, 9.17) is 11.6 Å². The Kier molecular flexibility index (Phi) is 5.74. The zero-order valence-electron chi connectivity index (χ0n) is 18.7. The summed E-state index contributed by atoms with van der Waals surface area (Å²) in [5, 5.41) is 5.16. The lowest BCUT2D eigenvalue weighted by Crippen LogP contribution is -2.46. The van der Waals surface area contributed by atoms with Gasteiger partial charge in [-0.15, -0.1) is 0 Å². The molecular formula is C25H30ClN5O. The molecule has 6 nitrogen and oxygen atoms in total. The zero-order chi connectivity index (χ0) is 22.2. The van der Waals surface area contributed by atoms with Gasteiger partial charge in [-0.25, -0.2) is 0 Å². The molecule has 2 aliphatic rings. The average molecular weight is 452 g/mol. The Morgan fingerprint density at radius 2 is 1.94 bits per heavy atom. The Bertz CT molecular complexity index is 1130. The normalized spacial score (nSPS) is 16.6. The number of fused-ring (bicyclic) bond motifs is 2. The minimum Gasteiger partial charge on any atom is -0.366 e. The molecule has 0 bridgehead atoms. The van der Waals surface area contributed by atoms with Gasteiger partial charge >= 0.3 is 0 Å². The monoisotopic (exact) mass is 451 g/mol. The third kappa shape index (κ3) is 3.93. The number of likely N-dealkylation sites (N-methyl/N-ethyl adjacent to an activating group) is 1. The Hall–Kier alpha value is -2.70. The molecule has 1 N–H and O–H groups in total. The maximum Gasteiger partial charge on any atom is 0.256 e. The van der Waals surface area contributed by atoms with E-state index in [0.29, 0.717) is 11.1 Å². The van der Waals surface area contributed by atoms with Crippen molar-refractivity contribution in [2.24, 2.45) is 0 Å². The summed E-state index contributed by atoms with van der Waals surface area (Å²) in [6.45, 7) is 4.12. The molecule has 168 valence electrons. The zero-order valence-corrected chi connectivity index (χ0v) is 19.5. The van der Waals surface area contributed by atoms with Crippen LogP contribution in [0.15, 0.2) is 48.7 Å². The van der Waals surface area contributed by atoms with Crippen LogP contribution in [0.25, 0.3) is 10.9 Å². The number of carbonyl (C=O) groups excluding carboxylic acids is 1. The standard InChI is InChI=1S/C25H30ClN5O/c1-28(2)13-14-30-16-21(20-8-7-18(26)15-24(20)30)25(32)29-11-9-19(10-12-29)31-17-27-22-5-3-4-6-23(22)31/h3-8,15-16,19,27H,9-14,17H2,1-2H3. The van der Waals surface area contributed by atoms with E-state index < -0.39 is 0 Å². The number of hydrogen-bond acceptors (Lipinski definition) is 4. The number of piperidine rings is 1. The van der Waals surface area contributed by atoms with Gasteiger partial charge in [-0.1, -0.05) is 29.8 Å². The molecule has 0 atom stereocenters. The van der Waals surface area contributed by atoms with Crippen LogP contribution in [0.5, 0.6) is 0 Å². The number of anilines is 2. The molecule has 3 aromatic rings. The molecular weight excluding hydrogens is 422 g/mol. The summed E-state index contributed by atoms with van der Waals surface area (Å²) in [5.74, 6) is 0.124. The number of hydrogen-bond donors (Lipinski definition) is 1. The fraction of sp³-hybridized carbons (Fsp3) is 0.400.